The topological polar surface area (TPSA) is 119 Å². The molecular weight excluding hydrogens is 503 g/mol. The number of aliphatic carboxylic acids is 1. The van der Waals surface area contributed by atoms with E-state index in [1.807, 2.05) is 0 Å². The van der Waals surface area contributed by atoms with Gasteiger partial charge in [0.15, 0.2) is 0 Å². The zero-order chi connectivity index (χ0) is 26.7. The fraction of sp³-hybridized carbons (Fsp3) is 0.444. The van der Waals surface area contributed by atoms with Crippen molar-refractivity contribution >= 4 is 41.0 Å². The van der Waals surface area contributed by atoms with E-state index in [2.05, 4.69) is 5.32 Å². The van der Waals surface area contributed by atoms with Crippen molar-refractivity contribution in [1.29, 1.82) is 0 Å². The number of halogens is 2. The summed E-state index contributed by atoms with van der Waals surface area (Å²) in [6, 6.07) is 11.4. The molecule has 3 rings (SSSR count). The van der Waals surface area contributed by atoms with Gasteiger partial charge in [-0.3, -0.25) is 14.4 Å². The quantitative estimate of drug-likeness (QED) is 0.418. The molecule has 7 nitrogen and oxygen atoms in total. The van der Waals surface area contributed by atoms with E-state index in [4.69, 9.17) is 33.7 Å². The number of benzene rings is 2. The van der Waals surface area contributed by atoms with E-state index >= 15 is 0 Å². The largest absolute Gasteiger partial charge is 0.489 e. The van der Waals surface area contributed by atoms with E-state index in [0.29, 0.717) is 40.6 Å². The lowest BCUT2D eigenvalue weighted by molar-refractivity contribution is -0.165. The summed E-state index contributed by atoms with van der Waals surface area (Å²) >= 11 is 12.4. The molecule has 0 radical (unpaired) electrons. The van der Waals surface area contributed by atoms with Gasteiger partial charge in [-0.25, -0.2) is 0 Å². The normalized spacial score (nSPS) is 21.9. The Hall–Kier alpha value is -2.77. The Morgan fingerprint density at radius 3 is 2.28 bits per heavy atom. The van der Waals surface area contributed by atoms with Crippen molar-refractivity contribution in [2.45, 2.75) is 59.1 Å². The number of primary amides is 1. The van der Waals surface area contributed by atoms with Crippen LogP contribution in [0.5, 0.6) is 5.75 Å². The first-order chi connectivity index (χ1) is 16.9. The van der Waals surface area contributed by atoms with Gasteiger partial charge in [0.2, 0.25) is 11.8 Å². The van der Waals surface area contributed by atoms with Gasteiger partial charge >= 0.3 is 5.97 Å². The third-order valence-corrected chi connectivity index (χ3v) is 8.43. The lowest BCUT2D eigenvalue weighted by atomic mass is 9.53. The zero-order valence-electron chi connectivity index (χ0n) is 20.6. The monoisotopic (exact) mass is 534 g/mol. The summed E-state index contributed by atoms with van der Waals surface area (Å²) in [5, 5.41) is 13.6. The third-order valence-electron chi connectivity index (χ3n) is 7.72. The molecule has 2 aromatic rings. The first-order valence-electron chi connectivity index (χ1n) is 11.8. The maximum absolute atomic E-state index is 13.2. The van der Waals surface area contributed by atoms with E-state index in [1.165, 1.54) is 0 Å². The average molecular weight is 535 g/mol. The van der Waals surface area contributed by atoms with E-state index in [0.717, 1.165) is 5.56 Å². The molecule has 2 aromatic carbocycles. The number of hydrogen-bond acceptors (Lipinski definition) is 4. The van der Waals surface area contributed by atoms with Crippen LogP contribution in [-0.2, 0) is 27.4 Å². The Morgan fingerprint density at radius 1 is 1.11 bits per heavy atom. The highest BCUT2D eigenvalue weighted by Gasteiger charge is 2.55. The van der Waals surface area contributed by atoms with Gasteiger partial charge in [0.05, 0.1) is 5.41 Å². The fourth-order valence-corrected chi connectivity index (χ4v) is 5.35. The molecule has 36 heavy (non-hydrogen) atoms. The van der Waals surface area contributed by atoms with Crippen molar-refractivity contribution in [2.24, 2.45) is 22.5 Å². The molecule has 1 saturated carbocycles. The van der Waals surface area contributed by atoms with Crippen molar-refractivity contribution in [3.8, 4) is 5.75 Å². The molecular formula is C27H32Cl2N2O5. The summed E-state index contributed by atoms with van der Waals surface area (Å²) in [4.78, 5) is 37.4. The molecule has 1 aliphatic rings. The van der Waals surface area contributed by atoms with Crippen LogP contribution in [0.2, 0.25) is 10.0 Å². The number of carboxylic acid groups (broad SMARTS) is 1. The van der Waals surface area contributed by atoms with Crippen molar-refractivity contribution < 1.29 is 24.2 Å². The number of carbonyl (C=O) groups excluding carboxylic acids is 2. The van der Waals surface area contributed by atoms with Gasteiger partial charge in [0.1, 0.15) is 18.4 Å². The fourth-order valence-electron chi connectivity index (χ4n) is 4.85. The first kappa shape index (κ1) is 27.8. The zero-order valence-corrected chi connectivity index (χ0v) is 22.2. The Bertz CT molecular complexity index is 1120. The van der Waals surface area contributed by atoms with Crippen LogP contribution in [-0.4, -0.2) is 28.9 Å². The number of nitrogens with one attached hydrogen (secondary N) is 1. The van der Waals surface area contributed by atoms with Gasteiger partial charge in [-0.1, -0.05) is 61.7 Å². The molecule has 0 aromatic heterocycles. The minimum atomic E-state index is -1.04. The van der Waals surface area contributed by atoms with Crippen LogP contribution in [0, 0.1) is 16.7 Å². The van der Waals surface area contributed by atoms with E-state index in [9.17, 15) is 19.5 Å². The molecule has 0 heterocycles. The van der Waals surface area contributed by atoms with Gasteiger partial charge in [0.25, 0.3) is 0 Å². The SMILES string of the molecule is CC1(C(=O)O)CCCC(C(=O)NC(Cc2ccc(OCc3c(Cl)cccc3Cl)cc2)C(N)=O)C1(C)C. The van der Waals surface area contributed by atoms with Crippen molar-refractivity contribution in [3.63, 3.8) is 0 Å². The lowest BCUT2D eigenvalue weighted by Crippen LogP contribution is -2.56. The summed E-state index contributed by atoms with van der Waals surface area (Å²) in [6.07, 6.45) is 1.86. The highest BCUT2D eigenvalue weighted by Crippen LogP contribution is 2.53. The Kier molecular flexibility index (Phi) is 8.57. The molecule has 194 valence electrons. The Morgan fingerprint density at radius 2 is 1.72 bits per heavy atom. The molecule has 0 aliphatic heterocycles. The Balaban J connectivity index is 1.66. The van der Waals surface area contributed by atoms with Crippen LogP contribution >= 0.6 is 23.2 Å². The number of rotatable bonds is 9. The van der Waals surface area contributed by atoms with Crippen molar-refractivity contribution in [1.82, 2.24) is 5.32 Å². The van der Waals surface area contributed by atoms with Gasteiger partial charge in [0, 0.05) is 27.9 Å². The molecule has 0 saturated heterocycles. The number of amides is 2. The summed E-state index contributed by atoms with van der Waals surface area (Å²) in [5.41, 5.74) is 5.23. The third kappa shape index (κ3) is 5.79. The maximum atomic E-state index is 13.2. The lowest BCUT2D eigenvalue weighted by Gasteiger charge is -2.49. The van der Waals surface area contributed by atoms with Crippen molar-refractivity contribution in [2.75, 3.05) is 0 Å². The van der Waals surface area contributed by atoms with Gasteiger partial charge < -0.3 is 20.9 Å². The minimum Gasteiger partial charge on any atom is -0.489 e. The predicted molar refractivity (Wildman–Crippen MR) is 139 cm³/mol. The smallest absolute Gasteiger partial charge is 0.309 e. The molecule has 2 amide bonds. The number of nitrogens with two attached hydrogens (primary N) is 1. The molecule has 1 fully saturated rings. The van der Waals surface area contributed by atoms with Gasteiger partial charge in [-0.05, 0) is 55.0 Å². The van der Waals surface area contributed by atoms with Crippen LogP contribution in [0.15, 0.2) is 42.5 Å². The number of carboxylic acids is 1. The average Bonchev–Trinajstić information content (AvgIpc) is 2.80. The first-order valence-corrected chi connectivity index (χ1v) is 12.6. The second kappa shape index (κ2) is 11.1. The molecule has 0 spiro atoms. The molecule has 3 atom stereocenters. The van der Waals surface area contributed by atoms with E-state index in [1.54, 1.807) is 63.2 Å². The van der Waals surface area contributed by atoms with Crippen molar-refractivity contribution in [3.05, 3.63) is 63.6 Å². The molecule has 9 heteroatoms. The molecule has 1 aliphatic carbocycles. The van der Waals surface area contributed by atoms with Crippen LogP contribution in [0.1, 0.15) is 51.2 Å². The van der Waals surface area contributed by atoms with Crippen LogP contribution < -0.4 is 15.8 Å². The number of hydrogen-bond donors (Lipinski definition) is 3. The molecule has 4 N–H and O–H groups in total. The summed E-state index contributed by atoms with van der Waals surface area (Å²) in [7, 11) is 0. The minimum absolute atomic E-state index is 0.195. The highest BCUT2D eigenvalue weighted by atomic mass is 35.5. The standard InChI is InChI=1S/C27H32Cl2N2O5/c1-26(2)19(6-5-13-27(26,3)25(34)35)24(33)31-22(23(30)32)14-16-9-11-17(12-10-16)36-15-18-20(28)7-4-8-21(18)29/h4,7-12,19,22H,5-6,13-15H2,1-3H3,(H2,30,32)(H,31,33)(H,34,35). The summed E-state index contributed by atoms with van der Waals surface area (Å²) in [6.45, 7) is 5.49. The second-order valence-electron chi connectivity index (χ2n) is 10.1. The summed E-state index contributed by atoms with van der Waals surface area (Å²) in [5.74, 6) is -1.90. The van der Waals surface area contributed by atoms with Crippen LogP contribution in [0.25, 0.3) is 0 Å². The summed E-state index contributed by atoms with van der Waals surface area (Å²) < 4.78 is 5.79. The number of carbonyl (C=O) groups is 3. The predicted octanol–water partition coefficient (Wildman–Crippen LogP) is 5.00. The number of ether oxygens (including phenoxy) is 1. The molecule has 3 unspecified atom stereocenters. The maximum Gasteiger partial charge on any atom is 0.309 e. The van der Waals surface area contributed by atoms with E-state index < -0.39 is 34.7 Å². The second-order valence-corrected chi connectivity index (χ2v) is 10.9. The van der Waals surface area contributed by atoms with Gasteiger partial charge in [-0.15, -0.1) is 0 Å². The van der Waals surface area contributed by atoms with Crippen LogP contribution in [0.3, 0.4) is 0 Å². The van der Waals surface area contributed by atoms with E-state index in [-0.39, 0.29) is 18.9 Å². The Labute approximate surface area is 221 Å². The van der Waals surface area contributed by atoms with Crippen LogP contribution in [0.4, 0.5) is 0 Å². The van der Waals surface area contributed by atoms with Gasteiger partial charge in [-0.2, -0.15) is 0 Å². The highest BCUT2D eigenvalue weighted by molar-refractivity contribution is 6.35. The molecule has 0 bridgehead atoms.